The number of amides is 2. The van der Waals surface area contributed by atoms with Crippen LogP contribution in [0.25, 0.3) is 0 Å². The second kappa shape index (κ2) is 5.37. The summed E-state index contributed by atoms with van der Waals surface area (Å²) in [6, 6.07) is -0.675. The number of urea groups is 1. The lowest BCUT2D eigenvalue weighted by Gasteiger charge is -2.27. The smallest absolute Gasteiger partial charge is 0.344 e. The number of aryl methyl sites for hydroxylation is 1. The van der Waals surface area contributed by atoms with Crippen molar-refractivity contribution in [3.8, 4) is 0 Å². The van der Waals surface area contributed by atoms with Gasteiger partial charge >= 0.3 is 6.03 Å². The van der Waals surface area contributed by atoms with E-state index in [1.165, 1.54) is 0 Å². The van der Waals surface area contributed by atoms with Crippen LogP contribution in [-0.2, 0) is 6.42 Å². The number of hydroxylamine groups is 2. The second-order valence-electron chi connectivity index (χ2n) is 5.27. The van der Waals surface area contributed by atoms with Crippen molar-refractivity contribution in [2.75, 3.05) is 20.1 Å². The summed E-state index contributed by atoms with van der Waals surface area (Å²) in [4.78, 5) is 13.5. The van der Waals surface area contributed by atoms with Crippen LogP contribution in [0.1, 0.15) is 37.1 Å². The Bertz CT molecular complexity index is 491. The Balaban J connectivity index is 1.69. The highest BCUT2D eigenvalue weighted by Gasteiger charge is 2.46. The van der Waals surface area contributed by atoms with E-state index in [1.807, 2.05) is 7.05 Å². The van der Waals surface area contributed by atoms with E-state index < -0.39 is 0 Å². The molecule has 1 aromatic heterocycles. The summed E-state index contributed by atoms with van der Waals surface area (Å²) in [5.41, 5.74) is 0. The molecule has 110 valence electrons. The first-order valence-corrected chi connectivity index (χ1v) is 6.96. The number of fused-ring (bicyclic) bond motifs is 2. The number of nitrogens with zero attached hydrogens (tertiary/aromatic N) is 4. The fourth-order valence-electron chi connectivity index (χ4n) is 2.83. The predicted molar refractivity (Wildman–Crippen MR) is 68.0 cm³/mol. The Morgan fingerprint density at radius 1 is 1.45 bits per heavy atom. The molecule has 0 aromatic carbocycles. The van der Waals surface area contributed by atoms with Crippen LogP contribution in [0.2, 0.25) is 0 Å². The van der Waals surface area contributed by atoms with Gasteiger partial charge in [-0.15, -0.1) is 10.2 Å². The van der Waals surface area contributed by atoms with E-state index in [9.17, 15) is 10.0 Å². The Kier molecular flexibility index (Phi) is 3.58. The lowest BCUT2D eigenvalue weighted by atomic mass is 10.0. The fraction of sp³-hybridized carbons (Fsp3) is 0.750. The molecule has 1 aromatic rings. The Morgan fingerprint density at radius 2 is 2.30 bits per heavy atom. The number of rotatable bonds is 5. The lowest BCUT2D eigenvalue weighted by molar-refractivity contribution is -0.0584. The first-order chi connectivity index (χ1) is 9.70. The van der Waals surface area contributed by atoms with Gasteiger partial charge in [0, 0.05) is 13.0 Å². The number of nitrogens with one attached hydrogen (secondary N) is 1. The van der Waals surface area contributed by atoms with Gasteiger partial charge in [-0.05, 0) is 32.9 Å². The van der Waals surface area contributed by atoms with Gasteiger partial charge in [0.2, 0.25) is 11.8 Å². The Morgan fingerprint density at radius 3 is 3.10 bits per heavy atom. The zero-order valence-corrected chi connectivity index (χ0v) is 11.4. The number of hydrogen-bond acceptors (Lipinski definition) is 6. The lowest BCUT2D eigenvalue weighted by Crippen LogP contribution is -2.34. The minimum atomic E-state index is -0.368. The molecule has 20 heavy (non-hydrogen) atoms. The summed E-state index contributed by atoms with van der Waals surface area (Å²) in [6.45, 7) is 1.42. The highest BCUT2D eigenvalue weighted by molar-refractivity contribution is 5.76. The molecular formula is C12H19N5O3. The number of hydrogen-bond donors (Lipinski definition) is 2. The third kappa shape index (κ3) is 2.25. The van der Waals surface area contributed by atoms with Crippen LogP contribution in [0.15, 0.2) is 4.42 Å². The van der Waals surface area contributed by atoms with Crippen molar-refractivity contribution in [3.05, 3.63) is 11.8 Å². The third-order valence-electron chi connectivity index (χ3n) is 3.93. The van der Waals surface area contributed by atoms with E-state index in [1.54, 1.807) is 4.90 Å². The number of carbonyl (C=O) groups is 1. The van der Waals surface area contributed by atoms with Crippen LogP contribution >= 0.6 is 0 Å². The van der Waals surface area contributed by atoms with Crippen molar-refractivity contribution >= 4 is 6.03 Å². The first kappa shape index (κ1) is 13.3. The highest BCUT2D eigenvalue weighted by Crippen LogP contribution is 2.36. The summed E-state index contributed by atoms with van der Waals surface area (Å²) in [5, 5.41) is 21.6. The molecule has 2 amide bonds. The minimum Gasteiger partial charge on any atom is -0.423 e. The van der Waals surface area contributed by atoms with Crippen molar-refractivity contribution in [3.63, 3.8) is 0 Å². The van der Waals surface area contributed by atoms with E-state index >= 15 is 0 Å². The quantitative estimate of drug-likeness (QED) is 0.604. The second-order valence-corrected chi connectivity index (χ2v) is 5.27. The van der Waals surface area contributed by atoms with Crippen LogP contribution in [-0.4, -0.2) is 57.6 Å². The Hall–Kier alpha value is -1.67. The van der Waals surface area contributed by atoms with Gasteiger partial charge in [-0.1, -0.05) is 0 Å². The molecule has 0 unspecified atom stereocenters. The maximum absolute atomic E-state index is 11.9. The summed E-state index contributed by atoms with van der Waals surface area (Å²) in [5.74, 6) is 1.08. The van der Waals surface area contributed by atoms with Crippen molar-refractivity contribution < 1.29 is 14.4 Å². The van der Waals surface area contributed by atoms with Gasteiger partial charge in [0.25, 0.3) is 0 Å². The first-order valence-electron chi connectivity index (χ1n) is 6.96. The predicted octanol–water partition coefficient (Wildman–Crippen LogP) is 0.552. The molecule has 0 saturated carbocycles. The molecule has 0 aliphatic carbocycles. The summed E-state index contributed by atoms with van der Waals surface area (Å²) < 4.78 is 5.66. The van der Waals surface area contributed by atoms with Crippen molar-refractivity contribution in [1.29, 1.82) is 0 Å². The molecule has 0 spiro atoms. The maximum atomic E-state index is 11.9. The fourth-order valence-corrected chi connectivity index (χ4v) is 2.83. The molecule has 8 nitrogen and oxygen atoms in total. The monoisotopic (exact) mass is 281 g/mol. The third-order valence-corrected chi connectivity index (χ3v) is 3.93. The van der Waals surface area contributed by atoms with E-state index in [4.69, 9.17) is 4.42 Å². The summed E-state index contributed by atoms with van der Waals surface area (Å²) in [6.07, 6.45) is 3.15. The molecule has 2 aliphatic heterocycles. The largest absolute Gasteiger partial charge is 0.423 e. The van der Waals surface area contributed by atoms with Gasteiger partial charge < -0.3 is 14.6 Å². The topological polar surface area (TPSA) is 94.7 Å². The molecule has 8 heteroatoms. The summed E-state index contributed by atoms with van der Waals surface area (Å²) >= 11 is 0. The van der Waals surface area contributed by atoms with Gasteiger partial charge in [-0.3, -0.25) is 5.21 Å². The average Bonchev–Trinajstić information content (AvgIpc) is 3.01. The molecule has 2 saturated heterocycles. The normalized spacial score (nSPS) is 25.6. The van der Waals surface area contributed by atoms with Crippen LogP contribution in [0.5, 0.6) is 0 Å². The standard InChI is InChI=1S/C12H19N5O3/c1-13-6-2-3-10-14-15-11(20-10)9-5-4-8-7-16(9)12(18)17(8)19/h8-9,13,19H,2-7H2,1H3/t8-,9-/m0/s1. The van der Waals surface area contributed by atoms with Crippen molar-refractivity contribution in [1.82, 2.24) is 25.5 Å². The SMILES string of the molecule is CNCCCc1nnc([C@@H]2CC[C@H]3CN2C(=O)N3O)o1. The van der Waals surface area contributed by atoms with Crippen molar-refractivity contribution in [2.24, 2.45) is 0 Å². The molecule has 2 aliphatic rings. The van der Waals surface area contributed by atoms with Gasteiger partial charge in [0.1, 0.15) is 6.04 Å². The van der Waals surface area contributed by atoms with Crippen LogP contribution in [0.3, 0.4) is 0 Å². The van der Waals surface area contributed by atoms with E-state index in [0.29, 0.717) is 18.3 Å². The maximum Gasteiger partial charge on any atom is 0.344 e. The van der Waals surface area contributed by atoms with Gasteiger partial charge in [-0.25, -0.2) is 9.86 Å². The molecule has 2 N–H and O–H groups in total. The molecule has 2 fully saturated rings. The van der Waals surface area contributed by atoms with Crippen LogP contribution < -0.4 is 5.32 Å². The molecule has 2 bridgehead atoms. The van der Waals surface area contributed by atoms with E-state index in [0.717, 1.165) is 37.3 Å². The zero-order valence-electron chi connectivity index (χ0n) is 11.4. The number of aromatic nitrogens is 2. The van der Waals surface area contributed by atoms with Gasteiger partial charge in [-0.2, -0.15) is 0 Å². The van der Waals surface area contributed by atoms with Gasteiger partial charge in [0.15, 0.2) is 0 Å². The molecular weight excluding hydrogens is 262 g/mol. The zero-order chi connectivity index (χ0) is 14.1. The van der Waals surface area contributed by atoms with E-state index in [2.05, 4.69) is 15.5 Å². The molecule has 3 rings (SSSR count). The highest BCUT2D eigenvalue weighted by atomic mass is 16.5. The summed E-state index contributed by atoms with van der Waals surface area (Å²) in [7, 11) is 1.90. The Labute approximate surface area is 116 Å². The van der Waals surface area contributed by atoms with Crippen LogP contribution in [0, 0.1) is 0 Å². The molecule has 3 heterocycles. The van der Waals surface area contributed by atoms with Crippen LogP contribution in [0.4, 0.5) is 4.79 Å². The molecule has 2 atom stereocenters. The molecule has 0 radical (unpaired) electrons. The van der Waals surface area contributed by atoms with Crippen molar-refractivity contribution in [2.45, 2.75) is 37.8 Å². The van der Waals surface area contributed by atoms with E-state index in [-0.39, 0.29) is 18.1 Å². The number of carbonyl (C=O) groups excluding carboxylic acids is 1. The average molecular weight is 281 g/mol. The number of piperidine rings is 1. The minimum absolute atomic E-state index is 0.100. The van der Waals surface area contributed by atoms with Gasteiger partial charge in [0.05, 0.1) is 6.04 Å².